The van der Waals surface area contributed by atoms with Crippen LogP contribution < -0.4 is 10.2 Å². The van der Waals surface area contributed by atoms with E-state index in [0.29, 0.717) is 5.46 Å². The Morgan fingerprint density at radius 2 is 1.42 bits per heavy atom. The molecule has 0 unspecified atom stereocenters. The molecule has 138 valence electrons. The lowest BCUT2D eigenvalue weighted by molar-refractivity contribution is 0.00578. The van der Waals surface area contributed by atoms with Crippen molar-refractivity contribution >= 4 is 22.6 Å². The molecule has 26 heavy (non-hydrogen) atoms. The highest BCUT2D eigenvalue weighted by molar-refractivity contribution is 7.89. The molecule has 0 aliphatic carbocycles. The Bertz CT molecular complexity index is 865. The summed E-state index contributed by atoms with van der Waals surface area (Å²) in [5.41, 5.74) is 0.328. The average Bonchev–Trinajstić information content (AvgIpc) is 2.82. The monoisotopic (exact) mass is 373 g/mol. The Hall–Kier alpha value is -1.67. The molecule has 7 heteroatoms. The highest BCUT2D eigenvalue weighted by Gasteiger charge is 2.52. The van der Waals surface area contributed by atoms with Gasteiger partial charge in [0.05, 0.1) is 16.1 Å². The Morgan fingerprint density at radius 3 is 2.04 bits per heavy atom. The van der Waals surface area contributed by atoms with Gasteiger partial charge in [-0.25, -0.2) is 13.1 Å². The number of hydrogen-bond acceptors (Lipinski definition) is 4. The van der Waals surface area contributed by atoms with Crippen molar-refractivity contribution in [2.45, 2.75) is 50.3 Å². The van der Waals surface area contributed by atoms with Crippen LogP contribution in [0.3, 0.4) is 0 Å². The minimum atomic E-state index is -3.71. The van der Waals surface area contributed by atoms with E-state index < -0.39 is 28.3 Å². The zero-order valence-corrected chi connectivity index (χ0v) is 16.3. The van der Waals surface area contributed by atoms with Crippen LogP contribution in [-0.2, 0) is 25.9 Å². The Labute approximate surface area is 155 Å². The second-order valence-corrected chi connectivity index (χ2v) is 9.17. The molecule has 1 saturated heterocycles. The number of nitrogens with one attached hydrogen (secondary N) is 1. The summed E-state index contributed by atoms with van der Waals surface area (Å²) in [6.45, 7) is 7.99. The van der Waals surface area contributed by atoms with Crippen molar-refractivity contribution in [3.05, 3.63) is 60.2 Å². The van der Waals surface area contributed by atoms with E-state index in [0.717, 1.165) is 5.56 Å². The Kier molecular flexibility index (Phi) is 5.01. The first-order valence-corrected chi connectivity index (χ1v) is 10.1. The molecule has 5 nitrogen and oxygen atoms in total. The summed E-state index contributed by atoms with van der Waals surface area (Å²) in [5, 5.41) is 0. The van der Waals surface area contributed by atoms with Crippen LogP contribution in [0, 0.1) is 0 Å². The molecule has 0 radical (unpaired) electrons. The molecule has 1 N–H and O–H groups in total. The van der Waals surface area contributed by atoms with Crippen LogP contribution in [-0.4, -0.2) is 26.7 Å². The van der Waals surface area contributed by atoms with Gasteiger partial charge in [0.15, 0.2) is 0 Å². The van der Waals surface area contributed by atoms with Crippen molar-refractivity contribution in [3.63, 3.8) is 0 Å². The van der Waals surface area contributed by atoms with Gasteiger partial charge >= 0.3 is 7.12 Å². The molecule has 3 rings (SSSR count). The predicted octanol–water partition coefficient (Wildman–Crippen LogP) is 2.46. The molecule has 0 saturated carbocycles. The van der Waals surface area contributed by atoms with E-state index in [4.69, 9.17) is 9.31 Å². The highest BCUT2D eigenvalue weighted by atomic mass is 32.2. The van der Waals surface area contributed by atoms with Crippen molar-refractivity contribution in [2.24, 2.45) is 0 Å². The molecule has 0 bridgehead atoms. The molecule has 2 aromatic rings. The largest absolute Gasteiger partial charge is 0.496 e. The predicted molar refractivity (Wildman–Crippen MR) is 103 cm³/mol. The van der Waals surface area contributed by atoms with E-state index >= 15 is 0 Å². The minimum Gasteiger partial charge on any atom is -0.399 e. The van der Waals surface area contributed by atoms with Gasteiger partial charge in [-0.3, -0.25) is 0 Å². The second kappa shape index (κ2) is 6.81. The fraction of sp³-hybridized carbons (Fsp3) is 0.368. The van der Waals surface area contributed by atoms with E-state index in [2.05, 4.69) is 4.72 Å². The molecule has 1 aliphatic heterocycles. The molecule has 0 aromatic heterocycles. The van der Waals surface area contributed by atoms with Gasteiger partial charge in [0.2, 0.25) is 10.0 Å². The van der Waals surface area contributed by atoms with Crippen LogP contribution in [0.1, 0.15) is 33.3 Å². The van der Waals surface area contributed by atoms with Gasteiger partial charge in [-0.1, -0.05) is 48.5 Å². The number of sulfonamides is 1. The first-order chi connectivity index (χ1) is 12.1. The van der Waals surface area contributed by atoms with Gasteiger partial charge in [0.25, 0.3) is 0 Å². The number of rotatable bonds is 5. The van der Waals surface area contributed by atoms with Crippen LogP contribution in [0.2, 0.25) is 0 Å². The van der Waals surface area contributed by atoms with Gasteiger partial charge in [-0.15, -0.1) is 0 Å². The van der Waals surface area contributed by atoms with Crippen LogP contribution in [0.25, 0.3) is 0 Å². The summed E-state index contributed by atoms with van der Waals surface area (Å²) in [5.74, 6) is 0. The molecule has 0 spiro atoms. The Morgan fingerprint density at radius 1 is 0.885 bits per heavy atom. The Balaban J connectivity index is 1.87. The molecule has 0 amide bonds. The summed E-state index contributed by atoms with van der Waals surface area (Å²) >= 11 is 0. The molecular weight excluding hydrogens is 349 g/mol. The molecule has 2 aromatic carbocycles. The van der Waals surface area contributed by atoms with Crippen LogP contribution in [0.15, 0.2) is 59.5 Å². The van der Waals surface area contributed by atoms with Gasteiger partial charge in [0, 0.05) is 12.0 Å². The fourth-order valence-corrected chi connectivity index (χ4v) is 3.99. The van der Waals surface area contributed by atoms with Crippen molar-refractivity contribution in [1.82, 2.24) is 4.72 Å². The van der Waals surface area contributed by atoms with Gasteiger partial charge in [0.1, 0.15) is 0 Å². The van der Waals surface area contributed by atoms with Crippen LogP contribution in [0.4, 0.5) is 0 Å². The lowest BCUT2D eigenvalue weighted by Gasteiger charge is -2.32. The summed E-state index contributed by atoms with van der Waals surface area (Å²) < 4.78 is 40.5. The maximum Gasteiger partial charge on any atom is 0.496 e. The lowest BCUT2D eigenvalue weighted by atomic mass is 9.79. The normalized spacial score (nSPS) is 18.8. The van der Waals surface area contributed by atoms with Crippen LogP contribution >= 0.6 is 0 Å². The molecule has 1 heterocycles. The quantitative estimate of drug-likeness (QED) is 0.818. The van der Waals surface area contributed by atoms with Crippen molar-refractivity contribution < 1.29 is 17.7 Å². The summed E-state index contributed by atoms with van der Waals surface area (Å²) in [6.07, 6.45) is 0. The maximum absolute atomic E-state index is 12.9. The van der Waals surface area contributed by atoms with E-state index in [9.17, 15) is 8.42 Å². The first-order valence-electron chi connectivity index (χ1n) is 8.61. The SMILES string of the molecule is CC1(C)OB(c2ccccc2S(=O)(=O)NCc2ccccc2)OC1(C)C. The third-order valence-corrected chi connectivity index (χ3v) is 6.50. The molecular formula is C19H24BNO4S. The minimum absolute atomic E-state index is 0.175. The van der Waals surface area contributed by atoms with Gasteiger partial charge in [-0.05, 0) is 39.3 Å². The van der Waals surface area contributed by atoms with E-state index in [1.165, 1.54) is 0 Å². The molecule has 1 aliphatic rings. The second-order valence-electron chi connectivity index (χ2n) is 7.44. The van der Waals surface area contributed by atoms with E-state index in [1.807, 2.05) is 58.0 Å². The molecule has 0 atom stereocenters. The zero-order chi connectivity index (χ0) is 19.0. The maximum atomic E-state index is 12.9. The molecule has 1 fully saturated rings. The van der Waals surface area contributed by atoms with Crippen molar-refractivity contribution in [1.29, 1.82) is 0 Å². The highest BCUT2D eigenvalue weighted by Crippen LogP contribution is 2.36. The fourth-order valence-electron chi connectivity index (χ4n) is 2.74. The standard InChI is InChI=1S/C19H24BNO4S/c1-18(2)19(3,4)25-20(24-18)16-12-8-9-13-17(16)26(22,23)21-14-15-10-6-5-7-11-15/h5-13,21H,14H2,1-4H3. The third kappa shape index (κ3) is 3.71. The summed E-state index contributed by atoms with van der Waals surface area (Å²) in [7, 11) is -4.44. The van der Waals surface area contributed by atoms with Gasteiger partial charge in [-0.2, -0.15) is 0 Å². The van der Waals surface area contributed by atoms with E-state index in [1.54, 1.807) is 24.3 Å². The summed E-state index contributed by atoms with van der Waals surface area (Å²) in [4.78, 5) is 0.175. The smallest absolute Gasteiger partial charge is 0.399 e. The zero-order valence-electron chi connectivity index (χ0n) is 15.5. The van der Waals surface area contributed by atoms with Gasteiger partial charge < -0.3 is 9.31 Å². The van der Waals surface area contributed by atoms with Crippen LogP contribution in [0.5, 0.6) is 0 Å². The third-order valence-electron chi connectivity index (χ3n) is 5.02. The van der Waals surface area contributed by atoms with E-state index in [-0.39, 0.29) is 11.4 Å². The number of hydrogen-bond donors (Lipinski definition) is 1. The topological polar surface area (TPSA) is 64.6 Å². The van der Waals surface area contributed by atoms with Crippen molar-refractivity contribution in [2.75, 3.05) is 0 Å². The average molecular weight is 373 g/mol. The first kappa shape index (κ1) is 19.1. The number of benzene rings is 2. The van der Waals surface area contributed by atoms with Crippen molar-refractivity contribution in [3.8, 4) is 0 Å². The lowest BCUT2D eigenvalue weighted by Crippen LogP contribution is -2.41. The summed E-state index contributed by atoms with van der Waals surface area (Å²) in [6, 6.07) is 16.2.